The van der Waals surface area contributed by atoms with Gasteiger partial charge in [-0.1, -0.05) is 17.7 Å². The average molecular weight is 300 g/mol. The molecule has 1 amide bonds. The number of nitrogens with zero attached hydrogens (tertiary/aromatic N) is 2. The lowest BCUT2D eigenvalue weighted by Gasteiger charge is -2.09. The molecule has 5 heteroatoms. The van der Waals surface area contributed by atoms with Crippen molar-refractivity contribution in [1.82, 2.24) is 10.3 Å². The summed E-state index contributed by atoms with van der Waals surface area (Å²) in [4.78, 5) is 16.1. The molecule has 21 heavy (non-hydrogen) atoms. The molecule has 1 N–H and O–H groups in total. The minimum atomic E-state index is -0.316. The first-order chi connectivity index (χ1) is 10.0. The highest BCUT2D eigenvalue weighted by atomic mass is 35.5. The standard InChI is InChI=1S/C16H14ClN3O/c1-10-5-14(17)15(19-8-10)16(21)20-9-13-4-3-12(7-18)6-11(13)2/h3-6,8H,9H2,1-2H3,(H,20,21). The Morgan fingerprint density at radius 3 is 2.76 bits per heavy atom. The second-order valence-electron chi connectivity index (χ2n) is 4.78. The number of carbonyl (C=O) groups excluding carboxylic acids is 1. The van der Waals surface area contributed by atoms with Gasteiger partial charge in [0.1, 0.15) is 5.69 Å². The molecule has 0 saturated heterocycles. The van der Waals surface area contributed by atoms with Crippen molar-refractivity contribution in [3.05, 3.63) is 63.4 Å². The molecular formula is C16H14ClN3O. The number of halogens is 1. The number of carbonyl (C=O) groups is 1. The Bertz CT molecular complexity index is 735. The fraction of sp³-hybridized carbons (Fsp3) is 0.188. The third kappa shape index (κ3) is 3.59. The van der Waals surface area contributed by atoms with Crippen molar-refractivity contribution in [2.75, 3.05) is 0 Å². The molecule has 4 nitrogen and oxygen atoms in total. The lowest BCUT2D eigenvalue weighted by atomic mass is 10.1. The molecule has 0 spiro atoms. The summed E-state index contributed by atoms with van der Waals surface area (Å²) in [5, 5.41) is 12.0. The van der Waals surface area contributed by atoms with E-state index in [1.165, 1.54) is 0 Å². The largest absolute Gasteiger partial charge is 0.347 e. The monoisotopic (exact) mass is 299 g/mol. The van der Waals surface area contributed by atoms with Crippen LogP contribution in [0.5, 0.6) is 0 Å². The lowest BCUT2D eigenvalue weighted by molar-refractivity contribution is 0.0946. The molecule has 1 heterocycles. The summed E-state index contributed by atoms with van der Waals surface area (Å²) in [6.45, 7) is 4.13. The van der Waals surface area contributed by atoms with Crippen LogP contribution in [0, 0.1) is 25.2 Å². The number of benzene rings is 1. The van der Waals surface area contributed by atoms with Crippen molar-refractivity contribution in [2.45, 2.75) is 20.4 Å². The van der Waals surface area contributed by atoms with E-state index >= 15 is 0 Å². The zero-order chi connectivity index (χ0) is 15.4. The van der Waals surface area contributed by atoms with E-state index in [-0.39, 0.29) is 11.6 Å². The van der Waals surface area contributed by atoms with E-state index in [4.69, 9.17) is 16.9 Å². The molecule has 0 radical (unpaired) electrons. The molecule has 0 fully saturated rings. The van der Waals surface area contributed by atoms with Crippen molar-refractivity contribution in [1.29, 1.82) is 5.26 Å². The van der Waals surface area contributed by atoms with E-state index in [0.717, 1.165) is 16.7 Å². The first-order valence-electron chi connectivity index (χ1n) is 6.41. The first kappa shape index (κ1) is 15.0. The Labute approximate surface area is 128 Å². The minimum absolute atomic E-state index is 0.216. The number of hydrogen-bond acceptors (Lipinski definition) is 3. The summed E-state index contributed by atoms with van der Waals surface area (Å²) in [5.74, 6) is -0.316. The van der Waals surface area contributed by atoms with E-state index in [0.29, 0.717) is 17.1 Å². The molecule has 0 aliphatic carbocycles. The molecule has 0 bridgehead atoms. The zero-order valence-corrected chi connectivity index (χ0v) is 12.5. The summed E-state index contributed by atoms with van der Waals surface area (Å²) in [5.41, 5.74) is 3.63. The van der Waals surface area contributed by atoms with Gasteiger partial charge in [0.2, 0.25) is 0 Å². The van der Waals surface area contributed by atoms with Crippen LogP contribution in [-0.4, -0.2) is 10.9 Å². The van der Waals surface area contributed by atoms with Gasteiger partial charge < -0.3 is 5.32 Å². The molecule has 1 aromatic heterocycles. The summed E-state index contributed by atoms with van der Waals surface area (Å²) >= 11 is 6.02. The number of pyridine rings is 1. The number of rotatable bonds is 3. The topological polar surface area (TPSA) is 65.8 Å². The van der Waals surface area contributed by atoms with Crippen LogP contribution in [0.2, 0.25) is 5.02 Å². The predicted molar refractivity (Wildman–Crippen MR) is 81.0 cm³/mol. The number of amides is 1. The van der Waals surface area contributed by atoms with Crippen molar-refractivity contribution in [3.63, 3.8) is 0 Å². The summed E-state index contributed by atoms with van der Waals surface area (Å²) in [6, 6.07) is 9.14. The molecule has 0 saturated carbocycles. The Morgan fingerprint density at radius 2 is 2.14 bits per heavy atom. The number of hydrogen-bond donors (Lipinski definition) is 1. The molecule has 0 unspecified atom stereocenters. The van der Waals surface area contributed by atoms with Crippen molar-refractivity contribution in [2.24, 2.45) is 0 Å². The van der Waals surface area contributed by atoms with Crippen LogP contribution in [-0.2, 0) is 6.54 Å². The molecular weight excluding hydrogens is 286 g/mol. The van der Waals surface area contributed by atoms with Crippen LogP contribution in [0.4, 0.5) is 0 Å². The van der Waals surface area contributed by atoms with E-state index in [1.807, 2.05) is 19.9 Å². The van der Waals surface area contributed by atoms with Gasteiger partial charge in [-0.15, -0.1) is 0 Å². The first-order valence-corrected chi connectivity index (χ1v) is 6.79. The van der Waals surface area contributed by atoms with E-state index in [1.54, 1.807) is 24.4 Å². The summed E-state index contributed by atoms with van der Waals surface area (Å²) in [7, 11) is 0. The van der Waals surface area contributed by atoms with E-state index in [9.17, 15) is 4.79 Å². The van der Waals surface area contributed by atoms with Gasteiger partial charge in [-0.3, -0.25) is 4.79 Å². The molecule has 2 rings (SSSR count). The SMILES string of the molecule is Cc1cnc(C(=O)NCc2ccc(C#N)cc2C)c(Cl)c1. The molecule has 0 aliphatic heterocycles. The minimum Gasteiger partial charge on any atom is -0.347 e. The summed E-state index contributed by atoms with van der Waals surface area (Å²) < 4.78 is 0. The summed E-state index contributed by atoms with van der Waals surface area (Å²) in [6.07, 6.45) is 1.60. The average Bonchev–Trinajstić information content (AvgIpc) is 2.45. The van der Waals surface area contributed by atoms with Crippen LogP contribution in [0.25, 0.3) is 0 Å². The Balaban J connectivity index is 2.09. The van der Waals surface area contributed by atoms with E-state index in [2.05, 4.69) is 16.4 Å². The van der Waals surface area contributed by atoms with Gasteiger partial charge in [-0.05, 0) is 48.7 Å². The smallest absolute Gasteiger partial charge is 0.271 e. The predicted octanol–water partition coefficient (Wildman–Crippen LogP) is 3.15. The second-order valence-corrected chi connectivity index (χ2v) is 5.19. The Kier molecular flexibility index (Phi) is 4.56. The molecule has 0 aliphatic rings. The highest BCUT2D eigenvalue weighted by Gasteiger charge is 2.12. The maximum atomic E-state index is 12.1. The quantitative estimate of drug-likeness (QED) is 0.946. The number of nitriles is 1. The maximum absolute atomic E-state index is 12.1. The van der Waals surface area contributed by atoms with Crippen LogP contribution in [0.1, 0.15) is 32.7 Å². The van der Waals surface area contributed by atoms with E-state index < -0.39 is 0 Å². The molecule has 1 aromatic carbocycles. The lowest BCUT2D eigenvalue weighted by Crippen LogP contribution is -2.24. The number of aromatic nitrogens is 1. The molecule has 0 atom stereocenters. The zero-order valence-electron chi connectivity index (χ0n) is 11.8. The van der Waals surface area contributed by atoms with Gasteiger partial charge in [0, 0.05) is 12.7 Å². The van der Waals surface area contributed by atoms with Gasteiger partial charge in [0.15, 0.2) is 0 Å². The van der Waals surface area contributed by atoms with Gasteiger partial charge in [0.25, 0.3) is 5.91 Å². The third-order valence-electron chi connectivity index (χ3n) is 3.10. The Hall–Kier alpha value is -2.38. The molecule has 2 aromatic rings. The van der Waals surface area contributed by atoms with Gasteiger partial charge in [-0.2, -0.15) is 5.26 Å². The van der Waals surface area contributed by atoms with Crippen LogP contribution >= 0.6 is 11.6 Å². The van der Waals surface area contributed by atoms with Crippen molar-refractivity contribution >= 4 is 17.5 Å². The van der Waals surface area contributed by atoms with Crippen molar-refractivity contribution < 1.29 is 4.79 Å². The van der Waals surface area contributed by atoms with Crippen molar-refractivity contribution in [3.8, 4) is 6.07 Å². The van der Waals surface area contributed by atoms with Crippen LogP contribution in [0.15, 0.2) is 30.5 Å². The normalized spacial score (nSPS) is 10.0. The van der Waals surface area contributed by atoms with Gasteiger partial charge >= 0.3 is 0 Å². The highest BCUT2D eigenvalue weighted by Crippen LogP contribution is 2.15. The number of aryl methyl sites for hydroxylation is 2. The fourth-order valence-electron chi connectivity index (χ4n) is 1.92. The Morgan fingerprint density at radius 1 is 1.38 bits per heavy atom. The number of nitrogens with one attached hydrogen (secondary N) is 1. The highest BCUT2D eigenvalue weighted by molar-refractivity contribution is 6.33. The third-order valence-corrected chi connectivity index (χ3v) is 3.39. The molecule has 106 valence electrons. The van der Waals surface area contributed by atoms with Crippen LogP contribution < -0.4 is 5.32 Å². The maximum Gasteiger partial charge on any atom is 0.271 e. The van der Waals surface area contributed by atoms with Gasteiger partial charge in [0.05, 0.1) is 16.7 Å². The van der Waals surface area contributed by atoms with Gasteiger partial charge in [-0.25, -0.2) is 4.98 Å². The second kappa shape index (κ2) is 6.38. The fourth-order valence-corrected chi connectivity index (χ4v) is 2.23. The van der Waals surface area contributed by atoms with Crippen LogP contribution in [0.3, 0.4) is 0 Å².